The number of benzene rings is 1. The number of rotatable bonds is 6. The zero-order valence-corrected chi connectivity index (χ0v) is 14.3. The van der Waals surface area contributed by atoms with E-state index in [1.807, 2.05) is 32.9 Å². The van der Waals surface area contributed by atoms with Gasteiger partial charge >= 0.3 is 0 Å². The zero-order valence-electron chi connectivity index (χ0n) is 13.5. The zero-order chi connectivity index (χ0) is 16.1. The highest BCUT2D eigenvalue weighted by atomic mass is 32.2. The van der Waals surface area contributed by atoms with E-state index in [0.29, 0.717) is 5.75 Å². The SMILES string of the molecule is CCCn1c(C)nnc1SCC(=O)Nc1ccc(C)cc1C. The number of carbonyl (C=O) groups excluding carboxylic acids is 1. The molecule has 0 bridgehead atoms. The molecule has 6 heteroatoms. The molecule has 118 valence electrons. The molecule has 0 aliphatic heterocycles. The van der Waals surface area contributed by atoms with Crippen LogP contribution in [0, 0.1) is 20.8 Å². The van der Waals surface area contributed by atoms with Crippen molar-refractivity contribution in [2.45, 2.75) is 45.8 Å². The van der Waals surface area contributed by atoms with Crippen molar-refractivity contribution in [1.82, 2.24) is 14.8 Å². The second kappa shape index (κ2) is 7.45. The van der Waals surface area contributed by atoms with Crippen molar-refractivity contribution < 1.29 is 4.79 Å². The van der Waals surface area contributed by atoms with E-state index in [0.717, 1.165) is 35.2 Å². The van der Waals surface area contributed by atoms with E-state index in [9.17, 15) is 4.79 Å². The van der Waals surface area contributed by atoms with Gasteiger partial charge in [-0.25, -0.2) is 0 Å². The Labute approximate surface area is 135 Å². The maximum absolute atomic E-state index is 12.1. The molecular formula is C16H22N4OS. The second-order valence-electron chi connectivity index (χ2n) is 5.34. The molecule has 1 aromatic heterocycles. The Balaban J connectivity index is 1.95. The third kappa shape index (κ3) is 4.10. The number of aromatic nitrogens is 3. The predicted octanol–water partition coefficient (Wildman–Crippen LogP) is 3.34. The largest absolute Gasteiger partial charge is 0.325 e. The highest BCUT2D eigenvalue weighted by Crippen LogP contribution is 2.19. The molecule has 0 saturated carbocycles. The molecule has 5 nitrogen and oxygen atoms in total. The topological polar surface area (TPSA) is 59.8 Å². The number of nitrogens with one attached hydrogen (secondary N) is 1. The minimum Gasteiger partial charge on any atom is -0.325 e. The van der Waals surface area contributed by atoms with E-state index in [1.165, 1.54) is 17.3 Å². The first-order chi connectivity index (χ1) is 10.5. The van der Waals surface area contributed by atoms with Gasteiger partial charge in [0.25, 0.3) is 0 Å². The minimum atomic E-state index is -0.0272. The van der Waals surface area contributed by atoms with Crippen molar-refractivity contribution in [2.75, 3.05) is 11.1 Å². The Morgan fingerprint density at radius 1 is 1.27 bits per heavy atom. The molecule has 0 atom stereocenters. The molecule has 22 heavy (non-hydrogen) atoms. The summed E-state index contributed by atoms with van der Waals surface area (Å²) in [7, 11) is 0. The molecule has 0 aliphatic rings. The van der Waals surface area contributed by atoms with Crippen LogP contribution in [0.4, 0.5) is 5.69 Å². The molecule has 1 amide bonds. The van der Waals surface area contributed by atoms with Crippen LogP contribution in [0.25, 0.3) is 0 Å². The van der Waals surface area contributed by atoms with Gasteiger partial charge < -0.3 is 9.88 Å². The monoisotopic (exact) mass is 318 g/mol. The van der Waals surface area contributed by atoms with Gasteiger partial charge in [0.15, 0.2) is 5.16 Å². The van der Waals surface area contributed by atoms with E-state index in [-0.39, 0.29) is 5.91 Å². The van der Waals surface area contributed by atoms with Crippen LogP contribution in [0.2, 0.25) is 0 Å². The van der Waals surface area contributed by atoms with E-state index in [1.54, 1.807) is 0 Å². The Morgan fingerprint density at radius 3 is 2.73 bits per heavy atom. The quantitative estimate of drug-likeness (QED) is 0.830. The fraction of sp³-hybridized carbons (Fsp3) is 0.438. The third-order valence-corrected chi connectivity index (χ3v) is 4.30. The molecule has 1 N–H and O–H groups in total. The van der Waals surface area contributed by atoms with Crippen molar-refractivity contribution in [1.29, 1.82) is 0 Å². The average molecular weight is 318 g/mol. The minimum absolute atomic E-state index is 0.0272. The molecule has 0 saturated heterocycles. The third-order valence-electron chi connectivity index (χ3n) is 3.34. The number of aryl methyl sites for hydroxylation is 3. The molecule has 0 spiro atoms. The van der Waals surface area contributed by atoms with Crippen molar-refractivity contribution in [3.05, 3.63) is 35.2 Å². The summed E-state index contributed by atoms with van der Waals surface area (Å²) in [4.78, 5) is 12.1. The van der Waals surface area contributed by atoms with Gasteiger partial charge in [-0.05, 0) is 38.8 Å². The molecule has 2 aromatic rings. The van der Waals surface area contributed by atoms with Crippen molar-refractivity contribution in [2.24, 2.45) is 0 Å². The Hall–Kier alpha value is -1.82. The van der Waals surface area contributed by atoms with Crippen LogP contribution >= 0.6 is 11.8 Å². The van der Waals surface area contributed by atoms with Crippen LogP contribution in [-0.2, 0) is 11.3 Å². The summed E-state index contributed by atoms with van der Waals surface area (Å²) >= 11 is 1.42. The Kier molecular flexibility index (Phi) is 5.60. The fourth-order valence-electron chi connectivity index (χ4n) is 2.22. The van der Waals surface area contributed by atoms with Gasteiger partial charge in [0.1, 0.15) is 5.82 Å². The number of thioether (sulfide) groups is 1. The van der Waals surface area contributed by atoms with Gasteiger partial charge in [0.2, 0.25) is 5.91 Å². The van der Waals surface area contributed by atoms with Crippen LogP contribution in [0.1, 0.15) is 30.3 Å². The first-order valence-electron chi connectivity index (χ1n) is 7.41. The van der Waals surface area contributed by atoms with Crippen LogP contribution < -0.4 is 5.32 Å². The summed E-state index contributed by atoms with van der Waals surface area (Å²) < 4.78 is 2.05. The predicted molar refractivity (Wildman–Crippen MR) is 90.3 cm³/mol. The highest BCUT2D eigenvalue weighted by molar-refractivity contribution is 7.99. The van der Waals surface area contributed by atoms with Crippen LogP contribution in [0.15, 0.2) is 23.4 Å². The lowest BCUT2D eigenvalue weighted by Gasteiger charge is -2.09. The van der Waals surface area contributed by atoms with Crippen LogP contribution in [0.3, 0.4) is 0 Å². The number of anilines is 1. The summed E-state index contributed by atoms with van der Waals surface area (Å²) in [6.45, 7) is 8.96. The van der Waals surface area contributed by atoms with Crippen molar-refractivity contribution in [3.63, 3.8) is 0 Å². The first kappa shape index (κ1) is 16.5. The molecular weight excluding hydrogens is 296 g/mol. The number of amides is 1. The summed E-state index contributed by atoms with van der Waals surface area (Å²) in [5.74, 6) is 1.19. The van der Waals surface area contributed by atoms with Crippen LogP contribution in [-0.4, -0.2) is 26.4 Å². The molecule has 2 rings (SSSR count). The van der Waals surface area contributed by atoms with Gasteiger partial charge in [-0.2, -0.15) is 0 Å². The van der Waals surface area contributed by atoms with Gasteiger partial charge in [0, 0.05) is 12.2 Å². The van der Waals surface area contributed by atoms with E-state index < -0.39 is 0 Å². The van der Waals surface area contributed by atoms with Gasteiger partial charge in [0.05, 0.1) is 5.75 Å². The Bertz CT molecular complexity index is 666. The Morgan fingerprint density at radius 2 is 2.05 bits per heavy atom. The van der Waals surface area contributed by atoms with Crippen LogP contribution in [0.5, 0.6) is 0 Å². The summed E-state index contributed by atoms with van der Waals surface area (Å²) in [6.07, 6.45) is 1.02. The number of hydrogen-bond donors (Lipinski definition) is 1. The normalized spacial score (nSPS) is 10.7. The highest BCUT2D eigenvalue weighted by Gasteiger charge is 2.11. The lowest BCUT2D eigenvalue weighted by atomic mass is 10.1. The molecule has 0 aliphatic carbocycles. The summed E-state index contributed by atoms with van der Waals surface area (Å²) in [6, 6.07) is 6.00. The van der Waals surface area contributed by atoms with E-state index in [4.69, 9.17) is 0 Å². The molecule has 0 radical (unpaired) electrons. The fourth-order valence-corrected chi connectivity index (χ4v) is 3.03. The summed E-state index contributed by atoms with van der Waals surface area (Å²) in [5, 5.41) is 12.0. The maximum Gasteiger partial charge on any atom is 0.234 e. The van der Waals surface area contributed by atoms with E-state index in [2.05, 4.69) is 33.1 Å². The van der Waals surface area contributed by atoms with Crippen molar-refractivity contribution >= 4 is 23.4 Å². The van der Waals surface area contributed by atoms with Gasteiger partial charge in [-0.1, -0.05) is 36.4 Å². The molecule has 0 fully saturated rings. The second-order valence-corrected chi connectivity index (χ2v) is 6.28. The van der Waals surface area contributed by atoms with Crippen molar-refractivity contribution in [3.8, 4) is 0 Å². The van der Waals surface area contributed by atoms with Gasteiger partial charge in [-0.3, -0.25) is 4.79 Å². The van der Waals surface area contributed by atoms with E-state index >= 15 is 0 Å². The van der Waals surface area contributed by atoms with Gasteiger partial charge in [-0.15, -0.1) is 10.2 Å². The summed E-state index contributed by atoms with van der Waals surface area (Å²) in [5.41, 5.74) is 3.12. The lowest BCUT2D eigenvalue weighted by Crippen LogP contribution is -2.15. The number of nitrogens with zero attached hydrogens (tertiary/aromatic N) is 3. The standard InChI is InChI=1S/C16H22N4OS/c1-5-8-20-13(4)18-19-16(20)22-10-15(21)17-14-7-6-11(2)9-12(14)3/h6-7,9H,5,8,10H2,1-4H3,(H,17,21). The maximum atomic E-state index is 12.1. The first-order valence-corrected chi connectivity index (χ1v) is 8.39. The number of carbonyl (C=O) groups is 1. The average Bonchev–Trinajstić information content (AvgIpc) is 2.81. The molecule has 1 aromatic carbocycles. The lowest BCUT2D eigenvalue weighted by molar-refractivity contribution is -0.113. The molecule has 1 heterocycles. The number of hydrogen-bond acceptors (Lipinski definition) is 4. The molecule has 0 unspecified atom stereocenters. The smallest absolute Gasteiger partial charge is 0.234 e.